The Labute approximate surface area is 148 Å². The number of nitrogens with one attached hydrogen (secondary N) is 2. The predicted octanol–water partition coefficient (Wildman–Crippen LogP) is 1.94. The fourth-order valence-electron chi connectivity index (χ4n) is 2.97. The topological polar surface area (TPSA) is 70.7 Å². The van der Waals surface area contributed by atoms with Crippen molar-refractivity contribution in [3.05, 3.63) is 24.3 Å². The Bertz CT molecular complexity index is 664. The molecule has 2 saturated heterocycles. The molecule has 0 amide bonds. The van der Waals surface area contributed by atoms with Gasteiger partial charge in [-0.15, -0.1) is 0 Å². The summed E-state index contributed by atoms with van der Waals surface area (Å²) in [4.78, 5) is 0.327. The Morgan fingerprint density at radius 1 is 1.21 bits per heavy atom. The van der Waals surface area contributed by atoms with Crippen LogP contribution in [-0.4, -0.2) is 50.2 Å². The van der Waals surface area contributed by atoms with Gasteiger partial charge in [-0.25, -0.2) is 8.42 Å². The minimum Gasteiger partial charge on any atom is -0.376 e. The van der Waals surface area contributed by atoms with E-state index in [2.05, 4.69) is 10.6 Å². The van der Waals surface area contributed by atoms with Gasteiger partial charge in [0.2, 0.25) is 10.0 Å². The van der Waals surface area contributed by atoms with Gasteiger partial charge >= 0.3 is 0 Å². The van der Waals surface area contributed by atoms with Crippen molar-refractivity contribution in [2.75, 3.05) is 31.6 Å². The van der Waals surface area contributed by atoms with Crippen LogP contribution in [-0.2, 0) is 14.8 Å². The summed E-state index contributed by atoms with van der Waals surface area (Å²) in [5.41, 5.74) is 0.764. The Morgan fingerprint density at radius 3 is 2.54 bits per heavy atom. The van der Waals surface area contributed by atoms with Gasteiger partial charge in [-0.3, -0.25) is 0 Å². The highest BCUT2D eigenvalue weighted by Gasteiger charge is 2.26. The van der Waals surface area contributed by atoms with Crippen molar-refractivity contribution >= 4 is 33.0 Å². The number of nitrogens with zero attached hydrogens (tertiary/aromatic N) is 1. The van der Waals surface area contributed by atoms with Gasteiger partial charge < -0.3 is 15.4 Å². The second kappa shape index (κ2) is 7.77. The summed E-state index contributed by atoms with van der Waals surface area (Å²) in [5, 5.41) is 6.72. The van der Waals surface area contributed by atoms with E-state index >= 15 is 0 Å². The van der Waals surface area contributed by atoms with Crippen LogP contribution in [0.15, 0.2) is 29.2 Å². The molecule has 1 aromatic carbocycles. The lowest BCUT2D eigenvalue weighted by molar-refractivity contribution is 0.114. The summed E-state index contributed by atoms with van der Waals surface area (Å²) >= 11 is 5.26. The molecule has 2 heterocycles. The standard InChI is InChI=1S/C16H23N3O3S2/c20-24(21,19-9-1-2-10-19)15-7-5-13(6-8-15)18-16(23)17-12-14-4-3-11-22-14/h5-8,14H,1-4,9-12H2,(H2,17,18,23). The highest BCUT2D eigenvalue weighted by Crippen LogP contribution is 2.22. The van der Waals surface area contributed by atoms with Gasteiger partial charge in [0.15, 0.2) is 5.11 Å². The fourth-order valence-corrected chi connectivity index (χ4v) is 4.69. The molecule has 2 aliphatic heterocycles. The summed E-state index contributed by atoms with van der Waals surface area (Å²) in [6.45, 7) is 2.73. The minimum absolute atomic E-state index is 0.220. The first kappa shape index (κ1) is 17.6. The molecule has 0 spiro atoms. The molecule has 3 rings (SSSR count). The first-order valence-corrected chi connectivity index (χ1v) is 10.2. The van der Waals surface area contributed by atoms with E-state index in [-0.39, 0.29) is 6.10 Å². The third-order valence-electron chi connectivity index (χ3n) is 4.33. The summed E-state index contributed by atoms with van der Waals surface area (Å²) in [6, 6.07) is 6.73. The number of anilines is 1. The molecule has 2 aliphatic rings. The monoisotopic (exact) mass is 369 g/mol. The van der Waals surface area contributed by atoms with Gasteiger partial charge in [-0.1, -0.05) is 0 Å². The summed E-state index contributed by atoms with van der Waals surface area (Å²) in [7, 11) is -3.36. The van der Waals surface area contributed by atoms with Crippen LogP contribution in [0.5, 0.6) is 0 Å². The van der Waals surface area contributed by atoms with E-state index in [1.54, 1.807) is 28.6 Å². The molecule has 1 aromatic rings. The van der Waals surface area contributed by atoms with E-state index < -0.39 is 10.0 Å². The molecule has 6 nitrogen and oxygen atoms in total. The molecule has 0 saturated carbocycles. The van der Waals surface area contributed by atoms with Crippen molar-refractivity contribution in [3.63, 3.8) is 0 Å². The molecule has 0 radical (unpaired) electrons. The zero-order valence-electron chi connectivity index (χ0n) is 13.5. The molecule has 0 aromatic heterocycles. The number of hydrogen-bond acceptors (Lipinski definition) is 4. The summed E-state index contributed by atoms with van der Waals surface area (Å²) in [6.07, 6.45) is 4.24. The number of benzene rings is 1. The van der Waals surface area contributed by atoms with Gasteiger partial charge in [0.05, 0.1) is 11.0 Å². The van der Waals surface area contributed by atoms with Crippen molar-refractivity contribution < 1.29 is 13.2 Å². The van der Waals surface area contributed by atoms with E-state index in [4.69, 9.17) is 17.0 Å². The molecular formula is C16H23N3O3S2. The van der Waals surface area contributed by atoms with E-state index in [1.165, 1.54) is 0 Å². The molecular weight excluding hydrogens is 346 g/mol. The summed E-state index contributed by atoms with van der Waals surface area (Å²) in [5.74, 6) is 0. The Balaban J connectivity index is 1.55. The van der Waals surface area contributed by atoms with E-state index in [9.17, 15) is 8.42 Å². The molecule has 8 heteroatoms. The van der Waals surface area contributed by atoms with Crippen molar-refractivity contribution in [2.45, 2.75) is 36.7 Å². The van der Waals surface area contributed by atoms with Crippen LogP contribution in [0.2, 0.25) is 0 Å². The van der Waals surface area contributed by atoms with Crippen LogP contribution in [0, 0.1) is 0 Å². The van der Waals surface area contributed by atoms with Gasteiger partial charge in [-0.05, 0) is 62.2 Å². The maximum Gasteiger partial charge on any atom is 0.243 e. The predicted molar refractivity (Wildman–Crippen MR) is 97.6 cm³/mol. The molecule has 1 atom stereocenters. The highest BCUT2D eigenvalue weighted by molar-refractivity contribution is 7.89. The number of ether oxygens (including phenoxy) is 1. The molecule has 1 unspecified atom stereocenters. The zero-order valence-corrected chi connectivity index (χ0v) is 15.2. The van der Waals surface area contributed by atoms with Gasteiger partial charge in [0.1, 0.15) is 0 Å². The molecule has 0 bridgehead atoms. The number of rotatable bonds is 5. The van der Waals surface area contributed by atoms with Crippen LogP contribution >= 0.6 is 12.2 Å². The van der Waals surface area contributed by atoms with Gasteiger partial charge in [0, 0.05) is 31.9 Å². The normalized spacial score (nSPS) is 21.8. The van der Waals surface area contributed by atoms with E-state index in [0.717, 1.165) is 38.0 Å². The quantitative estimate of drug-likeness (QED) is 0.773. The number of sulfonamides is 1. The number of hydrogen-bond donors (Lipinski definition) is 2. The van der Waals surface area contributed by atoms with Crippen LogP contribution in [0.25, 0.3) is 0 Å². The third-order valence-corrected chi connectivity index (χ3v) is 6.49. The number of thiocarbonyl (C=S) groups is 1. The smallest absolute Gasteiger partial charge is 0.243 e. The highest BCUT2D eigenvalue weighted by atomic mass is 32.2. The first-order chi connectivity index (χ1) is 11.6. The lowest BCUT2D eigenvalue weighted by atomic mass is 10.2. The van der Waals surface area contributed by atoms with Gasteiger partial charge in [0.25, 0.3) is 0 Å². The molecule has 2 N–H and O–H groups in total. The second-order valence-corrected chi connectivity index (χ2v) is 8.45. The van der Waals surface area contributed by atoms with Crippen molar-refractivity contribution in [2.24, 2.45) is 0 Å². The lowest BCUT2D eigenvalue weighted by Gasteiger charge is -2.16. The largest absolute Gasteiger partial charge is 0.376 e. The van der Waals surface area contributed by atoms with Gasteiger partial charge in [-0.2, -0.15) is 4.31 Å². The maximum absolute atomic E-state index is 12.5. The maximum atomic E-state index is 12.5. The van der Waals surface area contributed by atoms with Crippen LogP contribution in [0.3, 0.4) is 0 Å². The third kappa shape index (κ3) is 4.24. The molecule has 24 heavy (non-hydrogen) atoms. The zero-order chi connectivity index (χ0) is 17.0. The average Bonchev–Trinajstić information content (AvgIpc) is 3.27. The summed E-state index contributed by atoms with van der Waals surface area (Å²) < 4.78 is 32.0. The Morgan fingerprint density at radius 2 is 1.92 bits per heavy atom. The molecule has 2 fully saturated rings. The fraction of sp³-hybridized carbons (Fsp3) is 0.562. The average molecular weight is 370 g/mol. The van der Waals surface area contributed by atoms with E-state index in [0.29, 0.717) is 29.6 Å². The van der Waals surface area contributed by atoms with Crippen molar-refractivity contribution in [1.82, 2.24) is 9.62 Å². The second-order valence-electron chi connectivity index (χ2n) is 6.11. The first-order valence-electron chi connectivity index (χ1n) is 8.32. The van der Waals surface area contributed by atoms with E-state index in [1.807, 2.05) is 0 Å². The molecule has 132 valence electrons. The van der Waals surface area contributed by atoms with Crippen LogP contribution in [0.1, 0.15) is 25.7 Å². The van der Waals surface area contributed by atoms with Crippen LogP contribution < -0.4 is 10.6 Å². The van der Waals surface area contributed by atoms with Crippen molar-refractivity contribution in [1.29, 1.82) is 0 Å². The Hall–Kier alpha value is -1.22. The lowest BCUT2D eigenvalue weighted by Crippen LogP contribution is -2.34. The Kier molecular flexibility index (Phi) is 5.70. The SMILES string of the molecule is O=S(=O)(c1ccc(NC(=S)NCC2CCCO2)cc1)N1CCCC1. The molecule has 0 aliphatic carbocycles. The minimum atomic E-state index is -3.36. The van der Waals surface area contributed by atoms with Crippen molar-refractivity contribution in [3.8, 4) is 0 Å². The van der Waals surface area contributed by atoms with Crippen LogP contribution in [0.4, 0.5) is 5.69 Å².